The molecule has 0 radical (unpaired) electrons. The number of aromatic nitrogens is 4. The van der Waals surface area contributed by atoms with Crippen molar-refractivity contribution in [1.82, 2.24) is 24.9 Å². The first-order valence-electron chi connectivity index (χ1n) is 9.75. The van der Waals surface area contributed by atoms with Gasteiger partial charge in [0.2, 0.25) is 0 Å². The third-order valence-electron chi connectivity index (χ3n) is 5.09. The molecule has 0 spiro atoms. The smallest absolute Gasteiger partial charge is 0.366 e. The number of alkyl halides is 6. The summed E-state index contributed by atoms with van der Waals surface area (Å²) in [6, 6.07) is 0.107. The van der Waals surface area contributed by atoms with E-state index in [1.807, 2.05) is 0 Å². The Morgan fingerprint density at radius 3 is 2.30 bits per heavy atom. The van der Waals surface area contributed by atoms with Crippen LogP contribution in [0, 0.1) is 0 Å². The monoisotopic (exact) mass is 500 g/mol. The van der Waals surface area contributed by atoms with Crippen LogP contribution < -0.4 is 16.2 Å². The summed E-state index contributed by atoms with van der Waals surface area (Å²) in [5, 5.41) is 12.5. The van der Waals surface area contributed by atoms with Gasteiger partial charge in [-0.15, -0.1) is 0 Å². The van der Waals surface area contributed by atoms with Crippen molar-refractivity contribution in [2.24, 2.45) is 7.05 Å². The lowest BCUT2D eigenvalue weighted by atomic mass is 9.91. The first kappa shape index (κ1) is 24.9. The molecule has 2 heterocycles. The fourth-order valence-electron chi connectivity index (χ4n) is 3.55. The van der Waals surface area contributed by atoms with E-state index in [0.29, 0.717) is 41.1 Å². The highest BCUT2D eigenvalue weighted by Crippen LogP contribution is 2.29. The van der Waals surface area contributed by atoms with Crippen molar-refractivity contribution in [1.29, 1.82) is 0 Å². The third kappa shape index (κ3) is 6.39. The average molecular weight is 501 g/mol. The predicted octanol–water partition coefficient (Wildman–Crippen LogP) is 3.36. The molecule has 1 aliphatic carbocycles. The van der Waals surface area contributed by atoms with Gasteiger partial charge in [-0.1, -0.05) is 11.6 Å². The number of halogens is 7. The van der Waals surface area contributed by atoms with Gasteiger partial charge in [-0.3, -0.25) is 14.3 Å². The highest BCUT2D eigenvalue weighted by molar-refractivity contribution is 6.32. The van der Waals surface area contributed by atoms with Crippen LogP contribution in [0.1, 0.15) is 41.6 Å². The molecule has 8 nitrogen and oxygen atoms in total. The minimum Gasteiger partial charge on any atom is -0.366 e. The van der Waals surface area contributed by atoms with Gasteiger partial charge in [-0.05, 0) is 25.7 Å². The topological polar surface area (TPSA) is 93.8 Å². The zero-order valence-electron chi connectivity index (χ0n) is 17.1. The number of hydrogen-bond donors (Lipinski definition) is 2. The van der Waals surface area contributed by atoms with E-state index < -0.39 is 35.9 Å². The van der Waals surface area contributed by atoms with Gasteiger partial charge < -0.3 is 10.6 Å². The Hall–Kier alpha value is -2.77. The van der Waals surface area contributed by atoms with Crippen LogP contribution in [0.3, 0.4) is 0 Å². The number of nitrogens with zero attached hydrogens (tertiary/aromatic N) is 4. The summed E-state index contributed by atoms with van der Waals surface area (Å²) in [6.07, 6.45) is -6.57. The summed E-state index contributed by atoms with van der Waals surface area (Å²) in [4.78, 5) is 24.0. The van der Waals surface area contributed by atoms with Crippen molar-refractivity contribution >= 4 is 23.3 Å². The SMILES string of the molecule is Cn1nc(NC2CCC(NC(=O)c3cn(CC(F)(F)F)nc3Cl)CC2)cc(C(F)(F)F)c1=O. The van der Waals surface area contributed by atoms with E-state index >= 15 is 0 Å². The lowest BCUT2D eigenvalue weighted by molar-refractivity contribution is -0.142. The van der Waals surface area contributed by atoms with E-state index in [-0.39, 0.29) is 28.6 Å². The maximum absolute atomic E-state index is 13.0. The second kappa shape index (κ2) is 9.23. The largest absolute Gasteiger partial charge is 0.421 e. The second-order valence-electron chi connectivity index (χ2n) is 7.68. The Bertz CT molecular complexity index is 1070. The molecule has 1 fully saturated rings. The van der Waals surface area contributed by atoms with Crippen molar-refractivity contribution in [2.45, 2.75) is 56.7 Å². The van der Waals surface area contributed by atoms with Crippen LogP contribution in [0.25, 0.3) is 0 Å². The first-order valence-corrected chi connectivity index (χ1v) is 10.1. The summed E-state index contributed by atoms with van der Waals surface area (Å²) in [5.41, 5.74) is -2.77. The molecule has 0 unspecified atom stereocenters. The van der Waals surface area contributed by atoms with Crippen LogP contribution in [-0.2, 0) is 19.8 Å². The molecule has 0 aromatic carbocycles. The van der Waals surface area contributed by atoms with E-state index in [2.05, 4.69) is 20.8 Å². The van der Waals surface area contributed by atoms with Gasteiger partial charge in [0.1, 0.15) is 17.9 Å². The Kier molecular flexibility index (Phi) is 6.96. The van der Waals surface area contributed by atoms with Crippen LogP contribution in [0.5, 0.6) is 0 Å². The quantitative estimate of drug-likeness (QED) is 0.614. The van der Waals surface area contributed by atoms with Crippen LogP contribution in [-0.4, -0.2) is 43.7 Å². The number of rotatable bonds is 5. The number of carbonyl (C=O) groups is 1. The summed E-state index contributed by atoms with van der Waals surface area (Å²) >= 11 is 5.79. The summed E-state index contributed by atoms with van der Waals surface area (Å²) in [7, 11) is 1.12. The third-order valence-corrected chi connectivity index (χ3v) is 5.36. The van der Waals surface area contributed by atoms with E-state index in [4.69, 9.17) is 11.6 Å². The molecule has 2 N–H and O–H groups in total. The maximum Gasteiger partial charge on any atom is 0.421 e. The van der Waals surface area contributed by atoms with Crippen molar-refractivity contribution in [3.63, 3.8) is 0 Å². The predicted molar refractivity (Wildman–Crippen MR) is 105 cm³/mol. The molecule has 1 amide bonds. The fraction of sp³-hybridized carbons (Fsp3) is 0.556. The molecular weight excluding hydrogens is 482 g/mol. The highest BCUT2D eigenvalue weighted by Gasteiger charge is 2.35. The van der Waals surface area contributed by atoms with Gasteiger partial charge in [-0.25, -0.2) is 4.68 Å². The molecule has 0 bridgehead atoms. The number of anilines is 1. The zero-order chi connectivity index (χ0) is 24.6. The molecule has 1 saturated carbocycles. The lowest BCUT2D eigenvalue weighted by Crippen LogP contribution is -2.40. The van der Waals surface area contributed by atoms with Crippen molar-refractivity contribution in [3.8, 4) is 0 Å². The number of hydrogen-bond acceptors (Lipinski definition) is 5. The minimum absolute atomic E-state index is 0.0965. The maximum atomic E-state index is 13.0. The van der Waals surface area contributed by atoms with E-state index in [1.165, 1.54) is 0 Å². The van der Waals surface area contributed by atoms with Crippen LogP contribution in [0.4, 0.5) is 32.2 Å². The van der Waals surface area contributed by atoms with Gasteiger partial charge >= 0.3 is 12.4 Å². The Labute approximate surface area is 187 Å². The molecule has 0 atom stereocenters. The number of nitrogens with one attached hydrogen (secondary N) is 2. The van der Waals surface area contributed by atoms with Crippen LogP contribution in [0.2, 0.25) is 5.15 Å². The molecular formula is C18H19ClF6N6O2. The van der Waals surface area contributed by atoms with Crippen LogP contribution in [0.15, 0.2) is 17.1 Å². The van der Waals surface area contributed by atoms with Crippen molar-refractivity contribution in [3.05, 3.63) is 38.9 Å². The van der Waals surface area contributed by atoms with Crippen molar-refractivity contribution in [2.75, 3.05) is 5.32 Å². The average Bonchev–Trinajstić information content (AvgIpc) is 3.03. The van der Waals surface area contributed by atoms with E-state index in [1.54, 1.807) is 0 Å². The van der Waals surface area contributed by atoms with Gasteiger partial charge in [0.05, 0.1) is 5.56 Å². The van der Waals surface area contributed by atoms with Gasteiger partial charge in [0.25, 0.3) is 11.5 Å². The summed E-state index contributed by atoms with van der Waals surface area (Å²) < 4.78 is 77.7. The van der Waals surface area contributed by atoms with E-state index in [9.17, 15) is 35.9 Å². The molecule has 1 aliphatic rings. The first-order chi connectivity index (χ1) is 15.2. The summed E-state index contributed by atoms with van der Waals surface area (Å²) in [5.74, 6) is -0.764. The molecule has 2 aromatic heterocycles. The van der Waals surface area contributed by atoms with Crippen molar-refractivity contribution < 1.29 is 31.1 Å². The highest BCUT2D eigenvalue weighted by atomic mass is 35.5. The van der Waals surface area contributed by atoms with Gasteiger partial charge in [-0.2, -0.15) is 36.5 Å². The number of aryl methyl sites for hydroxylation is 1. The van der Waals surface area contributed by atoms with E-state index in [0.717, 1.165) is 13.2 Å². The summed E-state index contributed by atoms with van der Waals surface area (Å²) in [6.45, 7) is -1.38. The zero-order valence-corrected chi connectivity index (χ0v) is 17.9. The number of carbonyl (C=O) groups excluding carboxylic acids is 1. The van der Waals surface area contributed by atoms with Gasteiger partial charge in [0.15, 0.2) is 5.15 Å². The standard InChI is InChI=1S/C18H19ClF6N6O2/c1-30-16(33)12(18(23,24)25)6-13(28-30)26-9-2-4-10(5-3-9)27-15(32)11-7-31(29-14(11)19)8-17(20,21)22/h6-7,9-10H,2-5,8H2,1H3,(H,26,28)(H,27,32). The molecule has 182 valence electrons. The molecule has 33 heavy (non-hydrogen) atoms. The molecule has 0 aliphatic heterocycles. The van der Waals surface area contributed by atoms with Crippen LogP contribution >= 0.6 is 11.6 Å². The molecule has 2 aromatic rings. The normalized spacial score (nSPS) is 19.4. The number of amides is 1. The van der Waals surface area contributed by atoms with Gasteiger partial charge in [0, 0.05) is 31.4 Å². The Morgan fingerprint density at radius 1 is 1.12 bits per heavy atom. The fourth-order valence-corrected chi connectivity index (χ4v) is 3.78. The minimum atomic E-state index is -4.81. The molecule has 3 rings (SSSR count). The molecule has 0 saturated heterocycles. The molecule has 15 heteroatoms. The Balaban J connectivity index is 1.57. The second-order valence-corrected chi connectivity index (χ2v) is 8.04. The lowest BCUT2D eigenvalue weighted by Gasteiger charge is -2.30. The Morgan fingerprint density at radius 2 is 1.73 bits per heavy atom.